The van der Waals surface area contributed by atoms with Crippen molar-refractivity contribution in [1.29, 1.82) is 0 Å². The highest BCUT2D eigenvalue weighted by Gasteiger charge is 2.28. The number of hydrogen-bond acceptors (Lipinski definition) is 2. The Morgan fingerprint density at radius 1 is 1.53 bits per heavy atom. The molecule has 1 aliphatic rings. The summed E-state index contributed by atoms with van der Waals surface area (Å²) in [5, 5.41) is 3.42. The van der Waals surface area contributed by atoms with Crippen molar-refractivity contribution in [2.75, 3.05) is 7.05 Å². The predicted molar refractivity (Wildman–Crippen MR) is 62.0 cm³/mol. The molecule has 3 nitrogen and oxygen atoms in total. The van der Waals surface area contributed by atoms with Gasteiger partial charge in [0.15, 0.2) is 0 Å². The highest BCUT2D eigenvalue weighted by Crippen LogP contribution is 2.30. The standard InChI is InChI=1S/C12H21N3/c1-3-5-12-14-8-9-15(12)11-7-4-6-10(11)13-2/h8-11,13H,3-7H2,1-2H3. The summed E-state index contributed by atoms with van der Waals surface area (Å²) in [5.41, 5.74) is 0. The van der Waals surface area contributed by atoms with Crippen LogP contribution in [-0.2, 0) is 6.42 Å². The number of hydrogen-bond donors (Lipinski definition) is 1. The van der Waals surface area contributed by atoms with Gasteiger partial charge in [-0.25, -0.2) is 4.98 Å². The largest absolute Gasteiger partial charge is 0.330 e. The first-order valence-electron chi connectivity index (χ1n) is 6.05. The molecule has 2 rings (SSSR count). The molecule has 1 heterocycles. The van der Waals surface area contributed by atoms with Crippen molar-refractivity contribution in [2.24, 2.45) is 0 Å². The van der Waals surface area contributed by atoms with E-state index < -0.39 is 0 Å². The Kier molecular flexibility index (Phi) is 3.41. The van der Waals surface area contributed by atoms with Crippen LogP contribution in [0.4, 0.5) is 0 Å². The summed E-state index contributed by atoms with van der Waals surface area (Å²) in [7, 11) is 2.07. The number of aromatic nitrogens is 2. The Morgan fingerprint density at radius 3 is 3.13 bits per heavy atom. The van der Waals surface area contributed by atoms with E-state index in [0.29, 0.717) is 12.1 Å². The topological polar surface area (TPSA) is 29.9 Å². The normalized spacial score (nSPS) is 26.0. The highest BCUT2D eigenvalue weighted by molar-refractivity contribution is 5.00. The summed E-state index contributed by atoms with van der Waals surface area (Å²) in [6, 6.07) is 1.26. The van der Waals surface area contributed by atoms with Gasteiger partial charge in [-0.2, -0.15) is 0 Å². The van der Waals surface area contributed by atoms with Crippen LogP contribution >= 0.6 is 0 Å². The van der Waals surface area contributed by atoms with Crippen LogP contribution in [0.15, 0.2) is 12.4 Å². The summed E-state index contributed by atoms with van der Waals surface area (Å²) >= 11 is 0. The molecule has 0 aliphatic heterocycles. The van der Waals surface area contributed by atoms with E-state index in [4.69, 9.17) is 0 Å². The Labute approximate surface area is 91.9 Å². The fourth-order valence-electron chi connectivity index (χ4n) is 2.67. The van der Waals surface area contributed by atoms with Gasteiger partial charge in [-0.3, -0.25) is 0 Å². The number of nitrogens with zero attached hydrogens (tertiary/aromatic N) is 2. The number of imidazole rings is 1. The average molecular weight is 207 g/mol. The molecule has 1 aliphatic carbocycles. The number of nitrogens with one attached hydrogen (secondary N) is 1. The molecule has 1 aromatic heterocycles. The first-order valence-corrected chi connectivity index (χ1v) is 6.05. The molecule has 3 heteroatoms. The predicted octanol–water partition coefficient (Wildman–Crippen LogP) is 2.15. The SMILES string of the molecule is CCCc1nccn1C1CCCC1NC. The molecular weight excluding hydrogens is 186 g/mol. The molecule has 0 saturated heterocycles. The average Bonchev–Trinajstić information content (AvgIpc) is 2.84. The Morgan fingerprint density at radius 2 is 2.40 bits per heavy atom. The van der Waals surface area contributed by atoms with Crippen molar-refractivity contribution >= 4 is 0 Å². The molecule has 2 atom stereocenters. The van der Waals surface area contributed by atoms with Gasteiger partial charge in [-0.05, 0) is 32.7 Å². The Bertz CT molecular complexity index is 306. The minimum atomic E-state index is 0.624. The molecule has 2 unspecified atom stereocenters. The summed E-state index contributed by atoms with van der Waals surface area (Å²) in [4.78, 5) is 4.45. The van der Waals surface area contributed by atoms with Crippen LogP contribution in [0.1, 0.15) is 44.5 Å². The lowest BCUT2D eigenvalue weighted by molar-refractivity contribution is 0.403. The van der Waals surface area contributed by atoms with Gasteiger partial charge in [0.2, 0.25) is 0 Å². The molecule has 1 N–H and O–H groups in total. The summed E-state index contributed by atoms with van der Waals surface area (Å²) in [5.74, 6) is 1.25. The fourth-order valence-corrected chi connectivity index (χ4v) is 2.67. The van der Waals surface area contributed by atoms with E-state index in [1.54, 1.807) is 0 Å². The van der Waals surface area contributed by atoms with E-state index in [2.05, 4.69) is 35.0 Å². The van der Waals surface area contributed by atoms with E-state index in [9.17, 15) is 0 Å². The van der Waals surface area contributed by atoms with E-state index >= 15 is 0 Å². The third-order valence-corrected chi connectivity index (χ3v) is 3.43. The first-order chi connectivity index (χ1) is 7.36. The third kappa shape index (κ3) is 2.07. The van der Waals surface area contributed by atoms with Crippen molar-refractivity contribution in [3.63, 3.8) is 0 Å². The zero-order valence-electron chi connectivity index (χ0n) is 9.74. The minimum absolute atomic E-state index is 0.624. The molecule has 0 bridgehead atoms. The molecule has 0 spiro atoms. The van der Waals surface area contributed by atoms with Crippen molar-refractivity contribution in [3.8, 4) is 0 Å². The van der Waals surface area contributed by atoms with E-state index in [0.717, 1.165) is 6.42 Å². The van der Waals surface area contributed by atoms with Crippen molar-refractivity contribution in [2.45, 2.75) is 51.1 Å². The Balaban J connectivity index is 2.16. The number of likely N-dealkylation sites (N-methyl/N-ethyl adjacent to an activating group) is 1. The second kappa shape index (κ2) is 4.79. The smallest absolute Gasteiger partial charge is 0.108 e. The van der Waals surface area contributed by atoms with E-state index in [1.807, 2.05) is 6.20 Å². The van der Waals surface area contributed by atoms with Crippen LogP contribution in [-0.4, -0.2) is 22.6 Å². The van der Waals surface area contributed by atoms with Crippen LogP contribution in [0, 0.1) is 0 Å². The fraction of sp³-hybridized carbons (Fsp3) is 0.750. The molecule has 15 heavy (non-hydrogen) atoms. The van der Waals surface area contributed by atoms with Gasteiger partial charge in [-0.1, -0.05) is 6.92 Å². The van der Waals surface area contributed by atoms with Gasteiger partial charge in [-0.15, -0.1) is 0 Å². The van der Waals surface area contributed by atoms with Crippen LogP contribution in [0.25, 0.3) is 0 Å². The maximum atomic E-state index is 4.45. The maximum Gasteiger partial charge on any atom is 0.108 e. The zero-order chi connectivity index (χ0) is 10.7. The molecule has 1 saturated carbocycles. The van der Waals surface area contributed by atoms with Gasteiger partial charge < -0.3 is 9.88 Å². The molecule has 0 radical (unpaired) electrons. The summed E-state index contributed by atoms with van der Waals surface area (Å²) in [6.07, 6.45) is 10.3. The molecule has 84 valence electrons. The van der Waals surface area contributed by atoms with Gasteiger partial charge in [0.05, 0.1) is 6.04 Å². The minimum Gasteiger partial charge on any atom is -0.330 e. The second-order valence-electron chi connectivity index (χ2n) is 4.39. The lowest BCUT2D eigenvalue weighted by atomic mass is 10.1. The lowest BCUT2D eigenvalue weighted by Gasteiger charge is -2.22. The molecule has 1 aromatic rings. The van der Waals surface area contributed by atoms with Crippen molar-refractivity contribution < 1.29 is 0 Å². The van der Waals surface area contributed by atoms with Crippen LogP contribution in [0.5, 0.6) is 0 Å². The molecule has 1 fully saturated rings. The highest BCUT2D eigenvalue weighted by atomic mass is 15.1. The molecule has 0 amide bonds. The van der Waals surface area contributed by atoms with Crippen LogP contribution in [0.2, 0.25) is 0 Å². The van der Waals surface area contributed by atoms with Gasteiger partial charge >= 0.3 is 0 Å². The second-order valence-corrected chi connectivity index (χ2v) is 4.39. The maximum absolute atomic E-state index is 4.45. The number of rotatable bonds is 4. The van der Waals surface area contributed by atoms with E-state index in [-0.39, 0.29) is 0 Å². The van der Waals surface area contributed by atoms with Gasteiger partial charge in [0, 0.05) is 24.9 Å². The van der Waals surface area contributed by atoms with E-state index in [1.165, 1.54) is 31.5 Å². The summed E-state index contributed by atoms with van der Waals surface area (Å²) in [6.45, 7) is 2.21. The van der Waals surface area contributed by atoms with Crippen molar-refractivity contribution in [3.05, 3.63) is 18.2 Å². The monoisotopic (exact) mass is 207 g/mol. The first kappa shape index (κ1) is 10.7. The molecular formula is C12H21N3. The lowest BCUT2D eigenvalue weighted by Crippen LogP contribution is -2.31. The zero-order valence-corrected chi connectivity index (χ0v) is 9.74. The molecule has 0 aromatic carbocycles. The van der Waals surface area contributed by atoms with Crippen LogP contribution < -0.4 is 5.32 Å². The number of aryl methyl sites for hydroxylation is 1. The quantitative estimate of drug-likeness (QED) is 0.820. The van der Waals surface area contributed by atoms with Crippen molar-refractivity contribution in [1.82, 2.24) is 14.9 Å². The van der Waals surface area contributed by atoms with Gasteiger partial charge in [0.25, 0.3) is 0 Å². The van der Waals surface area contributed by atoms with Gasteiger partial charge in [0.1, 0.15) is 5.82 Å². The summed E-state index contributed by atoms with van der Waals surface area (Å²) < 4.78 is 2.39. The van der Waals surface area contributed by atoms with Crippen LogP contribution in [0.3, 0.4) is 0 Å². The Hall–Kier alpha value is -0.830. The third-order valence-electron chi connectivity index (χ3n) is 3.43.